The number of amides is 4. The average molecular weight is 200 g/mol. The minimum Gasteiger partial charge on any atom is -0.329 e. The second kappa shape index (κ2) is 3.24. The molecule has 1 heterocycles. The zero-order valence-corrected chi connectivity index (χ0v) is 6.90. The molecule has 1 aliphatic heterocycles. The summed E-state index contributed by atoms with van der Waals surface area (Å²) in [5, 5.41) is 1.41. The monoisotopic (exact) mass is 200 g/mol. The van der Waals surface area contributed by atoms with Crippen LogP contribution in [0.3, 0.4) is 0 Å². The number of Topliss-reactive ketones (excluding diaryl/α,β-unsaturated/α-hetero) is 1. The van der Waals surface area contributed by atoms with E-state index in [1.165, 1.54) is 5.32 Å². The molecule has 8 nitrogen and oxygen atoms in total. The Kier molecular flexibility index (Phi) is 2.28. The van der Waals surface area contributed by atoms with Crippen LogP contribution in [0.4, 0.5) is 4.79 Å². The van der Waals surface area contributed by atoms with Gasteiger partial charge in [-0.1, -0.05) is 5.06 Å². The SMILES string of the molecule is CC(=O)ON1C(=O)NC(=O)C(=O)C1=O. The number of imide groups is 2. The molecule has 0 aromatic heterocycles. The van der Waals surface area contributed by atoms with Crippen molar-refractivity contribution in [3.63, 3.8) is 0 Å². The topological polar surface area (TPSA) is 110 Å². The number of hydroxylamine groups is 2. The van der Waals surface area contributed by atoms with Gasteiger partial charge in [0.2, 0.25) is 0 Å². The fraction of sp³-hybridized carbons (Fsp3) is 0.167. The summed E-state index contributed by atoms with van der Waals surface area (Å²) < 4.78 is 0. The fourth-order valence-electron chi connectivity index (χ4n) is 0.698. The molecule has 1 fully saturated rings. The van der Waals surface area contributed by atoms with Gasteiger partial charge in [0.1, 0.15) is 0 Å². The summed E-state index contributed by atoms with van der Waals surface area (Å²) in [6, 6.07) is -1.27. The standard InChI is InChI=1S/C6H4N2O6/c1-2(9)14-8-5(12)3(10)4(11)7-6(8)13/h1H3,(H,7,11,13). The van der Waals surface area contributed by atoms with Gasteiger partial charge in [-0.25, -0.2) is 9.59 Å². The second-order valence-electron chi connectivity index (χ2n) is 2.27. The maximum absolute atomic E-state index is 10.9. The van der Waals surface area contributed by atoms with E-state index >= 15 is 0 Å². The van der Waals surface area contributed by atoms with E-state index < -0.39 is 29.6 Å². The molecule has 8 heteroatoms. The van der Waals surface area contributed by atoms with Crippen molar-refractivity contribution in [2.45, 2.75) is 6.92 Å². The summed E-state index contributed by atoms with van der Waals surface area (Å²) in [7, 11) is 0. The first-order valence-electron chi connectivity index (χ1n) is 3.35. The molecule has 14 heavy (non-hydrogen) atoms. The Morgan fingerprint density at radius 1 is 1.29 bits per heavy atom. The van der Waals surface area contributed by atoms with Crippen LogP contribution < -0.4 is 5.32 Å². The number of hydrogen-bond acceptors (Lipinski definition) is 6. The van der Waals surface area contributed by atoms with Gasteiger partial charge in [0, 0.05) is 6.92 Å². The van der Waals surface area contributed by atoms with Crippen molar-refractivity contribution in [2.75, 3.05) is 0 Å². The van der Waals surface area contributed by atoms with Crippen molar-refractivity contribution in [2.24, 2.45) is 0 Å². The van der Waals surface area contributed by atoms with Crippen molar-refractivity contribution in [3.8, 4) is 0 Å². The number of carbonyl (C=O) groups is 5. The van der Waals surface area contributed by atoms with E-state index in [9.17, 15) is 24.0 Å². The third-order valence-corrected chi connectivity index (χ3v) is 1.21. The van der Waals surface area contributed by atoms with Gasteiger partial charge in [-0.3, -0.25) is 19.7 Å². The first-order valence-corrected chi connectivity index (χ1v) is 3.35. The molecule has 1 aliphatic rings. The Morgan fingerprint density at radius 3 is 2.36 bits per heavy atom. The Labute approximate surface area is 76.7 Å². The van der Waals surface area contributed by atoms with Crippen LogP contribution in [0.25, 0.3) is 0 Å². The predicted molar refractivity (Wildman–Crippen MR) is 37.2 cm³/mol. The Hall–Kier alpha value is -2.25. The minimum absolute atomic E-state index is 0.105. The highest BCUT2D eigenvalue weighted by Gasteiger charge is 2.41. The molecule has 0 unspecified atom stereocenters. The normalized spacial score (nSPS) is 16.8. The molecular weight excluding hydrogens is 196 g/mol. The molecule has 0 saturated carbocycles. The molecule has 0 aromatic rings. The van der Waals surface area contributed by atoms with E-state index in [1.807, 2.05) is 0 Å². The van der Waals surface area contributed by atoms with E-state index in [4.69, 9.17) is 0 Å². The molecule has 1 rings (SSSR count). The maximum atomic E-state index is 10.9. The van der Waals surface area contributed by atoms with Gasteiger partial charge in [0.15, 0.2) is 0 Å². The van der Waals surface area contributed by atoms with E-state index in [0.717, 1.165) is 6.92 Å². The molecule has 1 saturated heterocycles. The molecule has 4 amide bonds. The third kappa shape index (κ3) is 1.58. The largest absolute Gasteiger partial charge is 0.365 e. The highest BCUT2D eigenvalue weighted by molar-refractivity contribution is 6.66. The van der Waals surface area contributed by atoms with Crippen molar-refractivity contribution in [1.82, 2.24) is 10.4 Å². The van der Waals surface area contributed by atoms with Crippen molar-refractivity contribution >= 4 is 29.6 Å². The quantitative estimate of drug-likeness (QED) is 0.495. The minimum atomic E-state index is -1.49. The Bertz CT molecular complexity index is 359. The lowest BCUT2D eigenvalue weighted by Gasteiger charge is -2.20. The van der Waals surface area contributed by atoms with E-state index in [2.05, 4.69) is 4.84 Å². The van der Waals surface area contributed by atoms with Crippen LogP contribution in [0.5, 0.6) is 0 Å². The van der Waals surface area contributed by atoms with Gasteiger partial charge in [-0.2, -0.15) is 0 Å². The van der Waals surface area contributed by atoms with Gasteiger partial charge < -0.3 is 4.84 Å². The molecule has 0 aromatic carbocycles. The van der Waals surface area contributed by atoms with Crippen LogP contribution in [-0.2, 0) is 24.0 Å². The van der Waals surface area contributed by atoms with E-state index in [-0.39, 0.29) is 5.06 Å². The average Bonchev–Trinajstić information content (AvgIpc) is 2.09. The molecule has 1 N–H and O–H groups in total. The zero-order chi connectivity index (χ0) is 10.9. The fourth-order valence-corrected chi connectivity index (χ4v) is 0.698. The van der Waals surface area contributed by atoms with Gasteiger partial charge in [-0.05, 0) is 0 Å². The number of ketones is 1. The Balaban J connectivity index is 2.90. The molecule has 0 atom stereocenters. The first kappa shape index (κ1) is 9.84. The number of nitrogens with one attached hydrogen (secondary N) is 1. The molecule has 0 radical (unpaired) electrons. The summed E-state index contributed by atoms with van der Waals surface area (Å²) in [6.45, 7) is 0.932. The maximum Gasteiger partial charge on any atom is 0.365 e. The lowest BCUT2D eigenvalue weighted by molar-refractivity contribution is -0.187. The van der Waals surface area contributed by atoms with E-state index in [1.54, 1.807) is 0 Å². The predicted octanol–water partition coefficient (Wildman–Crippen LogP) is -1.89. The van der Waals surface area contributed by atoms with E-state index in [0.29, 0.717) is 0 Å². The number of rotatable bonds is 1. The van der Waals surface area contributed by atoms with Crippen LogP contribution in [0.2, 0.25) is 0 Å². The van der Waals surface area contributed by atoms with Crippen molar-refractivity contribution in [3.05, 3.63) is 0 Å². The number of urea groups is 1. The summed E-state index contributed by atoms with van der Waals surface area (Å²) in [5.41, 5.74) is 0. The first-order chi connectivity index (χ1) is 6.43. The lowest BCUT2D eigenvalue weighted by atomic mass is 10.3. The molecule has 74 valence electrons. The molecule has 0 aliphatic carbocycles. The highest BCUT2D eigenvalue weighted by Crippen LogP contribution is 2.00. The Morgan fingerprint density at radius 2 is 1.86 bits per heavy atom. The summed E-state index contributed by atoms with van der Waals surface area (Å²) in [6.07, 6.45) is 0. The number of hydrogen-bond donors (Lipinski definition) is 1. The van der Waals surface area contributed by atoms with Crippen LogP contribution >= 0.6 is 0 Å². The number of barbiturate groups is 1. The highest BCUT2D eigenvalue weighted by atomic mass is 16.7. The van der Waals surface area contributed by atoms with Crippen LogP contribution in [0.15, 0.2) is 0 Å². The second-order valence-corrected chi connectivity index (χ2v) is 2.27. The number of nitrogens with zero attached hydrogens (tertiary/aromatic N) is 1. The summed E-state index contributed by atoms with van der Waals surface area (Å²) in [5.74, 6) is -5.26. The van der Waals surface area contributed by atoms with Crippen molar-refractivity contribution < 1.29 is 28.8 Å². The van der Waals surface area contributed by atoms with Gasteiger partial charge in [0.25, 0.3) is 0 Å². The van der Waals surface area contributed by atoms with Crippen LogP contribution in [0, 0.1) is 0 Å². The number of carbonyl (C=O) groups excluding carboxylic acids is 5. The van der Waals surface area contributed by atoms with Crippen LogP contribution in [0.1, 0.15) is 6.92 Å². The smallest absolute Gasteiger partial charge is 0.329 e. The molecular formula is C6H4N2O6. The van der Waals surface area contributed by atoms with Crippen molar-refractivity contribution in [1.29, 1.82) is 0 Å². The zero-order valence-electron chi connectivity index (χ0n) is 6.90. The molecule has 0 spiro atoms. The lowest BCUT2D eigenvalue weighted by Crippen LogP contribution is -2.58. The van der Waals surface area contributed by atoms with Gasteiger partial charge >= 0.3 is 29.6 Å². The summed E-state index contributed by atoms with van der Waals surface area (Å²) in [4.78, 5) is 57.5. The van der Waals surface area contributed by atoms with Gasteiger partial charge in [0.05, 0.1) is 0 Å². The summed E-state index contributed by atoms with van der Waals surface area (Å²) >= 11 is 0. The third-order valence-electron chi connectivity index (χ3n) is 1.21. The van der Waals surface area contributed by atoms with Gasteiger partial charge in [-0.15, -0.1) is 0 Å². The molecule has 0 bridgehead atoms. The van der Waals surface area contributed by atoms with Crippen LogP contribution in [-0.4, -0.2) is 34.7 Å².